The molecule has 2 aromatic carbocycles. The van der Waals surface area contributed by atoms with Crippen molar-refractivity contribution in [2.45, 2.75) is 12.0 Å². The first kappa shape index (κ1) is 16.1. The third kappa shape index (κ3) is 2.70. The Morgan fingerprint density at radius 2 is 2.08 bits per heavy atom. The molecule has 2 aliphatic rings. The maximum atomic E-state index is 9.30. The van der Waals surface area contributed by atoms with Crippen molar-refractivity contribution in [3.63, 3.8) is 0 Å². The van der Waals surface area contributed by atoms with Crippen LogP contribution in [0.1, 0.15) is 16.7 Å². The zero-order chi connectivity index (χ0) is 17.3. The van der Waals surface area contributed by atoms with Gasteiger partial charge in [-0.05, 0) is 11.6 Å². The van der Waals surface area contributed by atoms with Crippen molar-refractivity contribution in [1.29, 1.82) is 5.26 Å². The molecule has 0 N–H and O–H groups in total. The molecule has 0 aliphatic carbocycles. The van der Waals surface area contributed by atoms with Gasteiger partial charge in [-0.2, -0.15) is 5.26 Å². The summed E-state index contributed by atoms with van der Waals surface area (Å²) in [5.41, 5.74) is 3.13. The minimum absolute atomic E-state index is 0.0847. The number of para-hydroxylation sites is 1. The molecular weight excluding hydrogens is 312 g/mol. The van der Waals surface area contributed by atoms with E-state index in [4.69, 9.17) is 9.47 Å². The fourth-order valence-electron chi connectivity index (χ4n) is 4.42. The lowest BCUT2D eigenvalue weighted by atomic mass is 9.75. The van der Waals surface area contributed by atoms with E-state index >= 15 is 0 Å². The molecule has 4 nitrogen and oxygen atoms in total. The second-order valence-electron chi connectivity index (χ2n) is 7.01. The van der Waals surface area contributed by atoms with Crippen LogP contribution < -0.4 is 4.74 Å². The van der Waals surface area contributed by atoms with Gasteiger partial charge in [-0.25, -0.2) is 0 Å². The van der Waals surface area contributed by atoms with Crippen molar-refractivity contribution >= 4 is 0 Å². The van der Waals surface area contributed by atoms with E-state index in [-0.39, 0.29) is 5.41 Å². The smallest absolute Gasteiger partial charge is 0.141 e. The second-order valence-corrected chi connectivity index (χ2v) is 7.01. The summed E-state index contributed by atoms with van der Waals surface area (Å²) >= 11 is 0. The van der Waals surface area contributed by atoms with Crippen LogP contribution in [0.5, 0.6) is 5.75 Å². The summed E-state index contributed by atoms with van der Waals surface area (Å²) < 4.78 is 11.4. The Morgan fingerprint density at radius 1 is 1.24 bits per heavy atom. The lowest BCUT2D eigenvalue weighted by molar-refractivity contribution is 0.146. The van der Waals surface area contributed by atoms with Crippen LogP contribution in [0.3, 0.4) is 0 Å². The second kappa shape index (κ2) is 6.51. The quantitative estimate of drug-likeness (QED) is 0.862. The fraction of sp³-hybridized carbons (Fsp3) is 0.381. The van der Waals surface area contributed by atoms with Crippen LogP contribution in [0.2, 0.25) is 0 Å². The van der Waals surface area contributed by atoms with E-state index in [0.717, 1.165) is 38.4 Å². The highest BCUT2D eigenvalue weighted by atomic mass is 16.5. The molecule has 128 valence electrons. The minimum atomic E-state index is 0.0847. The summed E-state index contributed by atoms with van der Waals surface area (Å²) in [6, 6.07) is 18.8. The Morgan fingerprint density at radius 3 is 2.84 bits per heavy atom. The largest absolute Gasteiger partial charge is 0.495 e. The zero-order valence-corrected chi connectivity index (χ0v) is 14.4. The first-order chi connectivity index (χ1) is 12.3. The predicted octanol–water partition coefficient (Wildman–Crippen LogP) is 2.97. The van der Waals surface area contributed by atoms with Crippen molar-refractivity contribution in [3.8, 4) is 11.8 Å². The van der Waals surface area contributed by atoms with Gasteiger partial charge in [-0.15, -0.1) is 0 Å². The van der Waals surface area contributed by atoms with E-state index in [2.05, 4.69) is 47.4 Å². The van der Waals surface area contributed by atoms with Crippen molar-refractivity contribution in [2.24, 2.45) is 5.92 Å². The Hall–Kier alpha value is -2.35. The van der Waals surface area contributed by atoms with Gasteiger partial charge in [0.05, 0.1) is 25.9 Å². The van der Waals surface area contributed by atoms with Gasteiger partial charge in [0, 0.05) is 36.5 Å². The maximum absolute atomic E-state index is 9.30. The van der Waals surface area contributed by atoms with Gasteiger partial charge >= 0.3 is 0 Å². The normalized spacial score (nSPS) is 25.5. The lowest BCUT2D eigenvalue weighted by Crippen LogP contribution is -2.35. The standard InChI is InChI=1S/C21H22N2O2/c1-24-20-16(10-22)6-5-7-17(20)11-23-12-19-13-25-15-21(19,14-23)18-8-3-2-4-9-18/h2-9,19H,11-15H2,1H3/t19-,21+/m1/s1. The third-order valence-electron chi connectivity index (χ3n) is 5.61. The van der Waals surface area contributed by atoms with Crippen LogP contribution in [-0.4, -0.2) is 38.3 Å². The number of fused-ring (bicyclic) bond motifs is 1. The number of benzene rings is 2. The average Bonchev–Trinajstić information content (AvgIpc) is 3.20. The number of hydrogen-bond donors (Lipinski definition) is 0. The van der Waals surface area contributed by atoms with E-state index in [9.17, 15) is 5.26 Å². The number of nitriles is 1. The molecule has 0 aromatic heterocycles. The van der Waals surface area contributed by atoms with Crippen LogP contribution in [0, 0.1) is 17.2 Å². The van der Waals surface area contributed by atoms with Crippen LogP contribution >= 0.6 is 0 Å². The zero-order valence-electron chi connectivity index (χ0n) is 14.4. The summed E-state index contributed by atoms with van der Waals surface area (Å²) in [7, 11) is 1.64. The van der Waals surface area contributed by atoms with Crippen molar-refractivity contribution in [1.82, 2.24) is 4.90 Å². The average molecular weight is 334 g/mol. The summed E-state index contributed by atoms with van der Waals surface area (Å²) in [4.78, 5) is 2.47. The predicted molar refractivity (Wildman–Crippen MR) is 95.4 cm³/mol. The molecule has 0 saturated carbocycles. The van der Waals surface area contributed by atoms with Crippen molar-refractivity contribution in [3.05, 3.63) is 65.2 Å². The van der Waals surface area contributed by atoms with E-state index in [1.807, 2.05) is 6.07 Å². The molecule has 2 fully saturated rings. The number of rotatable bonds is 4. The van der Waals surface area contributed by atoms with Gasteiger partial charge < -0.3 is 9.47 Å². The molecule has 2 aliphatic heterocycles. The molecule has 25 heavy (non-hydrogen) atoms. The molecule has 4 heteroatoms. The van der Waals surface area contributed by atoms with Crippen molar-refractivity contribution in [2.75, 3.05) is 33.4 Å². The van der Waals surface area contributed by atoms with Gasteiger partial charge in [-0.1, -0.05) is 42.5 Å². The van der Waals surface area contributed by atoms with Gasteiger partial charge in [0.15, 0.2) is 0 Å². The third-order valence-corrected chi connectivity index (χ3v) is 5.61. The van der Waals surface area contributed by atoms with Gasteiger partial charge in [0.2, 0.25) is 0 Å². The minimum Gasteiger partial charge on any atom is -0.495 e. The Balaban J connectivity index is 1.60. The Kier molecular flexibility index (Phi) is 4.20. The lowest BCUT2D eigenvalue weighted by Gasteiger charge is -2.28. The van der Waals surface area contributed by atoms with Crippen LogP contribution in [0.25, 0.3) is 0 Å². The summed E-state index contributed by atoms with van der Waals surface area (Å²) in [6.45, 7) is 4.38. The topological polar surface area (TPSA) is 45.5 Å². The van der Waals surface area contributed by atoms with E-state index in [1.54, 1.807) is 13.2 Å². The number of hydrogen-bond acceptors (Lipinski definition) is 4. The molecule has 2 heterocycles. The van der Waals surface area contributed by atoms with Crippen LogP contribution in [-0.2, 0) is 16.7 Å². The molecule has 2 atom stereocenters. The van der Waals surface area contributed by atoms with Gasteiger partial charge in [-0.3, -0.25) is 4.90 Å². The van der Waals surface area contributed by atoms with E-state index < -0.39 is 0 Å². The SMILES string of the molecule is COc1c(C#N)cccc1CN1C[C@@H]2COC[C@]2(c2ccccc2)C1. The van der Waals surface area contributed by atoms with Gasteiger partial charge in [0.25, 0.3) is 0 Å². The molecule has 0 radical (unpaired) electrons. The fourth-order valence-corrected chi connectivity index (χ4v) is 4.42. The summed E-state index contributed by atoms with van der Waals surface area (Å²) in [5, 5.41) is 9.30. The number of nitrogens with zero attached hydrogens (tertiary/aromatic N) is 2. The van der Waals surface area contributed by atoms with Gasteiger partial charge in [0.1, 0.15) is 11.8 Å². The Labute approximate surface area is 148 Å². The molecule has 4 rings (SSSR count). The molecule has 0 amide bonds. The highest BCUT2D eigenvalue weighted by molar-refractivity contribution is 5.48. The van der Waals surface area contributed by atoms with Crippen molar-refractivity contribution < 1.29 is 9.47 Å². The highest BCUT2D eigenvalue weighted by Gasteiger charge is 2.51. The monoisotopic (exact) mass is 334 g/mol. The molecule has 2 aromatic rings. The molecular formula is C21H22N2O2. The summed E-state index contributed by atoms with van der Waals surface area (Å²) in [6.07, 6.45) is 0. The molecule has 0 unspecified atom stereocenters. The van der Waals surface area contributed by atoms with Crippen LogP contribution in [0.4, 0.5) is 0 Å². The maximum Gasteiger partial charge on any atom is 0.141 e. The van der Waals surface area contributed by atoms with E-state index in [0.29, 0.717) is 17.2 Å². The number of methoxy groups -OCH3 is 1. The molecule has 2 saturated heterocycles. The molecule has 0 bridgehead atoms. The highest BCUT2D eigenvalue weighted by Crippen LogP contribution is 2.44. The first-order valence-corrected chi connectivity index (χ1v) is 8.68. The van der Waals surface area contributed by atoms with E-state index in [1.165, 1.54) is 5.56 Å². The molecule has 0 spiro atoms. The first-order valence-electron chi connectivity index (χ1n) is 8.68. The van der Waals surface area contributed by atoms with Crippen LogP contribution in [0.15, 0.2) is 48.5 Å². The number of ether oxygens (including phenoxy) is 2. The number of likely N-dealkylation sites (tertiary alicyclic amines) is 1. The Bertz CT molecular complexity index is 799. The summed E-state index contributed by atoms with van der Waals surface area (Å²) in [5.74, 6) is 1.21.